The molecule has 1 saturated heterocycles. The lowest BCUT2D eigenvalue weighted by molar-refractivity contribution is 0.0706. The Morgan fingerprint density at radius 3 is 2.86 bits per heavy atom. The molecule has 2 N–H and O–H groups in total. The van der Waals surface area contributed by atoms with Crippen molar-refractivity contribution in [3.8, 4) is 11.4 Å². The minimum absolute atomic E-state index is 0.00458. The minimum Gasteiger partial charge on any atom is -0.399 e. The van der Waals surface area contributed by atoms with Gasteiger partial charge in [-0.1, -0.05) is 23.2 Å². The minimum atomic E-state index is -0.334. The fourth-order valence-corrected chi connectivity index (χ4v) is 3.00. The van der Waals surface area contributed by atoms with Crippen molar-refractivity contribution >= 4 is 28.9 Å². The van der Waals surface area contributed by atoms with E-state index in [9.17, 15) is 0 Å². The molecule has 1 aliphatic heterocycles. The van der Waals surface area contributed by atoms with Crippen LogP contribution in [0.1, 0.15) is 20.3 Å². The average Bonchev–Trinajstić information content (AvgIpc) is 3.03. The largest absolute Gasteiger partial charge is 0.399 e. The van der Waals surface area contributed by atoms with E-state index in [1.54, 1.807) is 16.8 Å². The molecule has 0 saturated carbocycles. The predicted molar refractivity (Wildman–Crippen MR) is 81.4 cm³/mol. The first-order valence-corrected chi connectivity index (χ1v) is 7.34. The van der Waals surface area contributed by atoms with Gasteiger partial charge in [-0.2, -0.15) is 0 Å². The summed E-state index contributed by atoms with van der Waals surface area (Å²) in [6.45, 7) is 4.74. The Kier molecular flexibility index (Phi) is 3.55. The summed E-state index contributed by atoms with van der Waals surface area (Å²) in [5, 5.41) is 12.8. The summed E-state index contributed by atoms with van der Waals surface area (Å²) < 4.78 is 7.41. The lowest BCUT2D eigenvalue weighted by atomic mass is 9.94. The molecule has 0 bridgehead atoms. The molecule has 0 radical (unpaired) electrons. The first-order valence-electron chi connectivity index (χ1n) is 6.59. The number of ether oxygens (including phenoxy) is 1. The lowest BCUT2D eigenvalue weighted by Crippen LogP contribution is -2.38. The molecule has 1 aromatic heterocycles. The summed E-state index contributed by atoms with van der Waals surface area (Å²) in [6, 6.07) is 3.32. The predicted octanol–water partition coefficient (Wildman–Crippen LogP) is 2.75. The number of rotatable bonds is 2. The van der Waals surface area contributed by atoms with Crippen molar-refractivity contribution in [3.05, 3.63) is 22.2 Å². The molecule has 0 aliphatic carbocycles. The highest BCUT2D eigenvalue weighted by Crippen LogP contribution is 2.39. The van der Waals surface area contributed by atoms with Crippen LogP contribution in [0.2, 0.25) is 10.0 Å². The second kappa shape index (κ2) is 5.12. The van der Waals surface area contributed by atoms with Gasteiger partial charge in [0, 0.05) is 17.9 Å². The molecule has 0 spiro atoms. The molecule has 1 fully saturated rings. The van der Waals surface area contributed by atoms with Crippen molar-refractivity contribution in [2.75, 3.05) is 12.3 Å². The van der Waals surface area contributed by atoms with E-state index in [1.165, 1.54) is 0 Å². The first-order chi connectivity index (χ1) is 9.93. The van der Waals surface area contributed by atoms with Gasteiger partial charge in [0.05, 0.1) is 21.7 Å². The van der Waals surface area contributed by atoms with E-state index in [0.717, 1.165) is 6.42 Å². The molecule has 1 aromatic carbocycles. The maximum atomic E-state index is 6.29. The van der Waals surface area contributed by atoms with Crippen LogP contribution in [0.5, 0.6) is 0 Å². The summed E-state index contributed by atoms with van der Waals surface area (Å²) in [6.07, 6.45) is 0.815. The van der Waals surface area contributed by atoms with E-state index in [1.807, 2.05) is 6.92 Å². The van der Waals surface area contributed by atoms with Gasteiger partial charge in [-0.25, -0.2) is 4.68 Å². The zero-order chi connectivity index (χ0) is 15.2. The number of hydrogen-bond donors (Lipinski definition) is 1. The first kappa shape index (κ1) is 14.6. The number of hydrogen-bond acceptors (Lipinski definition) is 5. The van der Waals surface area contributed by atoms with Crippen LogP contribution in [0, 0.1) is 0 Å². The average molecular weight is 328 g/mol. The van der Waals surface area contributed by atoms with E-state index in [-0.39, 0.29) is 11.6 Å². The number of benzene rings is 1. The number of halogens is 2. The van der Waals surface area contributed by atoms with Gasteiger partial charge in [-0.15, -0.1) is 5.10 Å². The van der Waals surface area contributed by atoms with Crippen LogP contribution in [0.25, 0.3) is 11.4 Å². The third-order valence-electron chi connectivity index (χ3n) is 4.10. The van der Waals surface area contributed by atoms with Gasteiger partial charge in [0.2, 0.25) is 0 Å². The van der Waals surface area contributed by atoms with Crippen molar-refractivity contribution in [1.82, 2.24) is 20.2 Å². The summed E-state index contributed by atoms with van der Waals surface area (Å²) in [5.41, 5.74) is 6.65. The number of nitrogens with two attached hydrogens (primary N) is 1. The highest BCUT2D eigenvalue weighted by molar-refractivity contribution is 6.43. The van der Waals surface area contributed by atoms with Gasteiger partial charge < -0.3 is 10.5 Å². The van der Waals surface area contributed by atoms with E-state index in [2.05, 4.69) is 22.4 Å². The van der Waals surface area contributed by atoms with E-state index in [4.69, 9.17) is 33.7 Å². The molecule has 0 amide bonds. The Labute approximate surface area is 132 Å². The van der Waals surface area contributed by atoms with Crippen molar-refractivity contribution in [2.45, 2.75) is 31.9 Å². The van der Waals surface area contributed by atoms with Crippen molar-refractivity contribution in [2.24, 2.45) is 0 Å². The fourth-order valence-electron chi connectivity index (χ4n) is 2.58. The molecule has 2 heterocycles. The second-order valence-electron chi connectivity index (χ2n) is 5.40. The van der Waals surface area contributed by atoms with E-state index < -0.39 is 0 Å². The molecule has 112 valence electrons. The van der Waals surface area contributed by atoms with Gasteiger partial charge in [-0.05, 0) is 42.8 Å². The van der Waals surface area contributed by atoms with Crippen molar-refractivity contribution in [3.63, 3.8) is 0 Å². The van der Waals surface area contributed by atoms with E-state index in [0.29, 0.717) is 33.7 Å². The Morgan fingerprint density at radius 2 is 2.19 bits per heavy atom. The molecule has 8 heteroatoms. The van der Waals surface area contributed by atoms with Crippen LogP contribution < -0.4 is 5.73 Å². The molecule has 3 rings (SSSR count). The topological polar surface area (TPSA) is 78.8 Å². The number of anilines is 1. The van der Waals surface area contributed by atoms with Gasteiger partial charge in [0.15, 0.2) is 5.82 Å². The Hall–Kier alpha value is -1.37. The highest BCUT2D eigenvalue weighted by atomic mass is 35.5. The van der Waals surface area contributed by atoms with Crippen LogP contribution in [-0.2, 0) is 10.3 Å². The maximum absolute atomic E-state index is 6.29. The number of nitrogen functional groups attached to an aromatic ring is 1. The zero-order valence-corrected chi connectivity index (χ0v) is 13.2. The molecule has 2 atom stereocenters. The normalized spacial score (nSPS) is 25.4. The Morgan fingerprint density at radius 1 is 1.43 bits per heavy atom. The van der Waals surface area contributed by atoms with Crippen molar-refractivity contribution in [1.29, 1.82) is 0 Å². The second-order valence-corrected chi connectivity index (χ2v) is 6.18. The molecule has 6 nitrogen and oxygen atoms in total. The van der Waals surface area contributed by atoms with Crippen LogP contribution in [0.15, 0.2) is 12.1 Å². The Balaban J connectivity index is 2.16. The monoisotopic (exact) mass is 327 g/mol. The van der Waals surface area contributed by atoms with Crippen LogP contribution >= 0.6 is 23.2 Å². The van der Waals surface area contributed by atoms with Crippen LogP contribution in [0.4, 0.5) is 5.69 Å². The van der Waals surface area contributed by atoms with Gasteiger partial charge in [-0.3, -0.25) is 0 Å². The number of aromatic nitrogens is 4. The third kappa shape index (κ3) is 2.27. The molecular weight excluding hydrogens is 313 g/mol. The van der Waals surface area contributed by atoms with E-state index >= 15 is 0 Å². The molecule has 2 unspecified atom stereocenters. The summed E-state index contributed by atoms with van der Waals surface area (Å²) >= 11 is 12.4. The van der Waals surface area contributed by atoms with Gasteiger partial charge in [0.25, 0.3) is 0 Å². The van der Waals surface area contributed by atoms with Gasteiger partial charge >= 0.3 is 0 Å². The SMILES string of the molecule is CC1OCCC1(C)n1nnnc1-c1cc(N)cc(Cl)c1Cl. The summed E-state index contributed by atoms with van der Waals surface area (Å²) in [4.78, 5) is 0. The smallest absolute Gasteiger partial charge is 0.184 e. The maximum Gasteiger partial charge on any atom is 0.184 e. The van der Waals surface area contributed by atoms with Gasteiger partial charge in [0.1, 0.15) is 0 Å². The molecule has 1 aliphatic rings. The summed E-state index contributed by atoms with van der Waals surface area (Å²) in [5.74, 6) is 0.536. The molecule has 21 heavy (non-hydrogen) atoms. The van der Waals surface area contributed by atoms with Crippen molar-refractivity contribution < 1.29 is 4.74 Å². The Bertz CT molecular complexity index is 689. The molecular formula is C13H15Cl2N5O. The zero-order valence-electron chi connectivity index (χ0n) is 11.7. The molecule has 2 aromatic rings. The van der Waals surface area contributed by atoms with Crippen LogP contribution in [0.3, 0.4) is 0 Å². The highest BCUT2D eigenvalue weighted by Gasteiger charge is 2.42. The lowest BCUT2D eigenvalue weighted by Gasteiger charge is -2.28. The van der Waals surface area contributed by atoms with Crippen LogP contribution in [-0.4, -0.2) is 32.9 Å². The third-order valence-corrected chi connectivity index (χ3v) is 4.90. The quantitative estimate of drug-likeness (QED) is 0.858. The summed E-state index contributed by atoms with van der Waals surface area (Å²) in [7, 11) is 0. The number of tetrazole rings is 1. The fraction of sp³-hybridized carbons (Fsp3) is 0.462. The number of nitrogens with zero attached hydrogens (tertiary/aromatic N) is 4. The standard InChI is InChI=1S/C13H15Cl2N5O/c1-7-13(2,3-4-21-7)20-12(17-18-19-20)9-5-8(16)6-10(14)11(9)15/h5-7H,3-4,16H2,1-2H3.